The van der Waals surface area contributed by atoms with Crippen LogP contribution in [0.3, 0.4) is 0 Å². The molecule has 7 heteroatoms. The molecule has 0 radical (unpaired) electrons. The number of hydrogen-bond acceptors (Lipinski definition) is 5. The third-order valence-electron chi connectivity index (χ3n) is 4.34. The zero-order chi connectivity index (χ0) is 20.3. The number of thioether (sulfide) groups is 1. The topological polar surface area (TPSA) is 85.8 Å². The van der Waals surface area contributed by atoms with Crippen LogP contribution in [0.1, 0.15) is 31.9 Å². The number of nitrogens with one attached hydrogen (secondary N) is 1. The van der Waals surface area contributed by atoms with E-state index in [-0.39, 0.29) is 17.1 Å². The molecule has 3 rings (SSSR count). The van der Waals surface area contributed by atoms with Crippen molar-refractivity contribution < 1.29 is 4.79 Å². The summed E-state index contributed by atoms with van der Waals surface area (Å²) in [6, 6.07) is 15.8. The zero-order valence-electron chi connectivity index (χ0n) is 16.6. The predicted molar refractivity (Wildman–Crippen MR) is 115 cm³/mol. The summed E-state index contributed by atoms with van der Waals surface area (Å²) in [5.74, 6) is 6.76. The van der Waals surface area contributed by atoms with Crippen LogP contribution in [0.2, 0.25) is 0 Å². The molecule has 0 saturated heterocycles. The summed E-state index contributed by atoms with van der Waals surface area (Å²) < 4.78 is 1.42. The number of nitrogen functional groups attached to an aromatic ring is 1. The maximum atomic E-state index is 12.3. The third kappa shape index (κ3) is 4.72. The molecule has 6 nitrogen and oxygen atoms in total. The van der Waals surface area contributed by atoms with Gasteiger partial charge < -0.3 is 11.2 Å². The maximum Gasteiger partial charge on any atom is 0.234 e. The van der Waals surface area contributed by atoms with Gasteiger partial charge in [0.15, 0.2) is 5.82 Å². The Kier molecular flexibility index (Phi) is 5.74. The van der Waals surface area contributed by atoms with Gasteiger partial charge in [0.05, 0.1) is 5.75 Å². The highest BCUT2D eigenvalue weighted by atomic mass is 32.2. The van der Waals surface area contributed by atoms with Crippen LogP contribution in [0.4, 0.5) is 5.69 Å². The Labute approximate surface area is 169 Å². The molecule has 1 heterocycles. The van der Waals surface area contributed by atoms with Crippen LogP contribution in [0.15, 0.2) is 53.7 Å². The van der Waals surface area contributed by atoms with Gasteiger partial charge in [-0.05, 0) is 30.0 Å². The van der Waals surface area contributed by atoms with E-state index >= 15 is 0 Å². The first kappa shape index (κ1) is 19.9. The van der Waals surface area contributed by atoms with Crippen LogP contribution >= 0.6 is 11.8 Å². The second-order valence-electron chi connectivity index (χ2n) is 7.71. The van der Waals surface area contributed by atoms with Gasteiger partial charge in [0.1, 0.15) is 0 Å². The molecule has 0 aliphatic heterocycles. The highest BCUT2D eigenvalue weighted by Crippen LogP contribution is 2.24. The standard InChI is InChI=1S/C21H25N5OS/c1-14-5-7-15(8-6-14)19-24-25-20(26(19)22)28-13-18(27)23-17-11-9-16(10-12-17)21(2,3)4/h5-12H,13,22H2,1-4H3,(H,23,27). The van der Waals surface area contributed by atoms with Crippen LogP contribution in [-0.2, 0) is 10.2 Å². The van der Waals surface area contributed by atoms with E-state index in [1.165, 1.54) is 22.0 Å². The largest absolute Gasteiger partial charge is 0.335 e. The third-order valence-corrected chi connectivity index (χ3v) is 5.28. The smallest absolute Gasteiger partial charge is 0.234 e. The summed E-state index contributed by atoms with van der Waals surface area (Å²) in [6.07, 6.45) is 0. The number of carbonyl (C=O) groups excluding carboxylic acids is 1. The van der Waals surface area contributed by atoms with Gasteiger partial charge in [-0.1, -0.05) is 74.5 Å². The minimum atomic E-state index is -0.117. The average molecular weight is 396 g/mol. The molecule has 1 aromatic heterocycles. The molecule has 1 amide bonds. The number of nitrogens with two attached hydrogens (primary N) is 1. The van der Waals surface area contributed by atoms with E-state index in [1.807, 2.05) is 55.5 Å². The Morgan fingerprint density at radius 1 is 1.07 bits per heavy atom. The van der Waals surface area contributed by atoms with Crippen LogP contribution in [0, 0.1) is 6.92 Å². The van der Waals surface area contributed by atoms with Gasteiger partial charge in [-0.3, -0.25) is 4.79 Å². The Bertz CT molecular complexity index is 956. The quantitative estimate of drug-likeness (QED) is 0.504. The maximum absolute atomic E-state index is 12.3. The molecule has 28 heavy (non-hydrogen) atoms. The lowest BCUT2D eigenvalue weighted by Crippen LogP contribution is -2.17. The first-order chi connectivity index (χ1) is 13.2. The van der Waals surface area contributed by atoms with Gasteiger partial charge >= 0.3 is 0 Å². The predicted octanol–water partition coefficient (Wildman–Crippen LogP) is 4.00. The lowest BCUT2D eigenvalue weighted by molar-refractivity contribution is -0.113. The first-order valence-corrected chi connectivity index (χ1v) is 10.0. The Morgan fingerprint density at radius 2 is 1.71 bits per heavy atom. The van der Waals surface area contributed by atoms with Crippen molar-refractivity contribution >= 4 is 23.4 Å². The minimum absolute atomic E-state index is 0.0821. The van der Waals surface area contributed by atoms with Crippen LogP contribution in [-0.4, -0.2) is 26.5 Å². The first-order valence-electron chi connectivity index (χ1n) is 9.05. The van der Waals surface area contributed by atoms with Crippen LogP contribution in [0.25, 0.3) is 11.4 Å². The molecule has 0 aliphatic rings. The molecule has 0 spiro atoms. The van der Waals surface area contributed by atoms with Crippen LogP contribution in [0.5, 0.6) is 0 Å². The SMILES string of the molecule is Cc1ccc(-c2nnc(SCC(=O)Nc3ccc(C(C)(C)C)cc3)n2N)cc1. The number of nitrogens with zero attached hydrogens (tertiary/aromatic N) is 3. The molecule has 2 aromatic carbocycles. The summed E-state index contributed by atoms with van der Waals surface area (Å²) in [4.78, 5) is 12.3. The van der Waals surface area contributed by atoms with E-state index in [1.54, 1.807) is 0 Å². The fourth-order valence-corrected chi connectivity index (χ4v) is 3.31. The van der Waals surface area contributed by atoms with E-state index < -0.39 is 0 Å². The second-order valence-corrected chi connectivity index (χ2v) is 8.65. The lowest BCUT2D eigenvalue weighted by Gasteiger charge is -2.19. The van der Waals surface area contributed by atoms with Gasteiger partial charge in [0, 0.05) is 11.3 Å². The molecular weight excluding hydrogens is 370 g/mol. The molecule has 0 saturated carbocycles. The number of anilines is 1. The molecule has 0 unspecified atom stereocenters. The molecule has 3 N–H and O–H groups in total. The highest BCUT2D eigenvalue weighted by Gasteiger charge is 2.15. The monoisotopic (exact) mass is 395 g/mol. The summed E-state index contributed by atoms with van der Waals surface area (Å²) in [6.45, 7) is 8.49. The molecule has 0 atom stereocenters. The fourth-order valence-electron chi connectivity index (χ4n) is 2.66. The average Bonchev–Trinajstić information content (AvgIpc) is 3.01. The van der Waals surface area contributed by atoms with E-state index in [4.69, 9.17) is 5.84 Å². The van der Waals surface area contributed by atoms with E-state index in [0.717, 1.165) is 16.8 Å². The number of hydrogen-bond donors (Lipinski definition) is 2. The Morgan fingerprint density at radius 3 is 2.32 bits per heavy atom. The molecule has 0 bridgehead atoms. The number of benzene rings is 2. The summed E-state index contributed by atoms with van der Waals surface area (Å²) in [7, 11) is 0. The fraction of sp³-hybridized carbons (Fsp3) is 0.286. The van der Waals surface area contributed by atoms with Crippen molar-refractivity contribution in [2.24, 2.45) is 0 Å². The van der Waals surface area contributed by atoms with E-state index in [0.29, 0.717) is 11.0 Å². The number of aromatic nitrogens is 3. The van der Waals surface area contributed by atoms with Crippen molar-refractivity contribution in [3.05, 3.63) is 59.7 Å². The van der Waals surface area contributed by atoms with Crippen molar-refractivity contribution in [3.63, 3.8) is 0 Å². The van der Waals surface area contributed by atoms with Crippen molar-refractivity contribution in [1.29, 1.82) is 0 Å². The molecule has 0 aliphatic carbocycles. The Hall–Kier alpha value is -2.80. The molecular formula is C21H25N5OS. The van der Waals surface area contributed by atoms with Crippen molar-refractivity contribution in [1.82, 2.24) is 14.9 Å². The number of carbonyl (C=O) groups is 1. The number of aryl methyl sites for hydroxylation is 1. The summed E-state index contributed by atoms with van der Waals surface area (Å²) in [5, 5.41) is 11.6. The van der Waals surface area contributed by atoms with Gasteiger partial charge in [0.2, 0.25) is 11.1 Å². The number of rotatable bonds is 5. The van der Waals surface area contributed by atoms with E-state index in [2.05, 4.69) is 36.3 Å². The van der Waals surface area contributed by atoms with Crippen molar-refractivity contribution in [3.8, 4) is 11.4 Å². The van der Waals surface area contributed by atoms with Gasteiger partial charge in [0.25, 0.3) is 0 Å². The minimum Gasteiger partial charge on any atom is -0.335 e. The highest BCUT2D eigenvalue weighted by molar-refractivity contribution is 7.99. The summed E-state index contributed by atoms with van der Waals surface area (Å²) in [5.41, 5.74) is 4.12. The van der Waals surface area contributed by atoms with Crippen LogP contribution < -0.4 is 11.2 Å². The lowest BCUT2D eigenvalue weighted by atomic mass is 9.87. The number of amides is 1. The normalized spacial score (nSPS) is 11.4. The van der Waals surface area contributed by atoms with Crippen molar-refractivity contribution in [2.45, 2.75) is 38.3 Å². The van der Waals surface area contributed by atoms with Gasteiger partial charge in [-0.2, -0.15) is 0 Å². The summed E-state index contributed by atoms with van der Waals surface area (Å²) >= 11 is 1.25. The Balaban J connectivity index is 1.60. The van der Waals surface area contributed by atoms with Gasteiger partial charge in [-0.25, -0.2) is 4.68 Å². The van der Waals surface area contributed by atoms with Crippen molar-refractivity contribution in [2.75, 3.05) is 16.9 Å². The second kappa shape index (κ2) is 8.06. The molecule has 0 fully saturated rings. The van der Waals surface area contributed by atoms with E-state index in [9.17, 15) is 4.79 Å². The molecule has 146 valence electrons. The zero-order valence-corrected chi connectivity index (χ0v) is 17.4. The van der Waals surface area contributed by atoms with Gasteiger partial charge in [-0.15, -0.1) is 10.2 Å². The molecule has 3 aromatic rings.